The van der Waals surface area contributed by atoms with Gasteiger partial charge in [-0.25, -0.2) is 0 Å². The lowest BCUT2D eigenvalue weighted by atomic mass is 9.85. The van der Waals surface area contributed by atoms with Crippen LogP contribution in [0, 0.1) is 0 Å². The second-order valence-corrected chi connectivity index (χ2v) is 5.92. The second-order valence-electron chi connectivity index (χ2n) is 4.06. The summed E-state index contributed by atoms with van der Waals surface area (Å²) in [7, 11) is 0. The third kappa shape index (κ3) is 2.53. The van der Waals surface area contributed by atoms with E-state index in [0.717, 1.165) is 9.35 Å². The number of hydrogen-bond donors (Lipinski definition) is 1. The summed E-state index contributed by atoms with van der Waals surface area (Å²) >= 11 is 5.02. The number of thiophene rings is 1. The molecule has 0 aliphatic carbocycles. The van der Waals surface area contributed by atoms with Gasteiger partial charge in [0.15, 0.2) is 5.78 Å². The lowest BCUT2D eigenvalue weighted by Crippen LogP contribution is -2.52. The maximum absolute atomic E-state index is 12.1. The third-order valence-electron chi connectivity index (χ3n) is 2.95. The normalized spacial score (nSPS) is 19.6. The predicted octanol–water partition coefficient (Wildman–Crippen LogP) is 2.13. The van der Waals surface area contributed by atoms with Gasteiger partial charge in [0.25, 0.3) is 0 Å². The zero-order valence-corrected chi connectivity index (χ0v) is 11.3. The molecule has 1 aliphatic rings. The van der Waals surface area contributed by atoms with Crippen molar-refractivity contribution in [3.63, 3.8) is 0 Å². The van der Waals surface area contributed by atoms with Gasteiger partial charge in [-0.1, -0.05) is 0 Å². The highest BCUT2D eigenvalue weighted by Crippen LogP contribution is 2.27. The van der Waals surface area contributed by atoms with Crippen molar-refractivity contribution in [1.82, 2.24) is 0 Å². The molecule has 1 aromatic rings. The number of ether oxygens (including phenoxy) is 1. The van der Waals surface area contributed by atoms with Crippen molar-refractivity contribution in [3.05, 3.63) is 20.8 Å². The van der Waals surface area contributed by atoms with Crippen LogP contribution in [0.4, 0.5) is 0 Å². The van der Waals surface area contributed by atoms with Crippen molar-refractivity contribution in [1.29, 1.82) is 0 Å². The van der Waals surface area contributed by atoms with E-state index in [1.165, 1.54) is 0 Å². The van der Waals surface area contributed by atoms with Crippen molar-refractivity contribution in [2.24, 2.45) is 5.73 Å². The van der Waals surface area contributed by atoms with E-state index in [4.69, 9.17) is 10.5 Å². The lowest BCUT2D eigenvalue weighted by molar-refractivity contribution is -0.126. The largest absolute Gasteiger partial charge is 0.381 e. The van der Waals surface area contributed by atoms with Gasteiger partial charge < -0.3 is 10.5 Å². The molecule has 5 heteroatoms. The molecule has 1 fully saturated rings. The molecule has 0 radical (unpaired) electrons. The summed E-state index contributed by atoms with van der Waals surface area (Å²) in [5.74, 6) is 0.124. The standard InChI is InChI=1S/C11H14BrNO2S/c12-8-1-6-16-9(8)7-10(14)11(13)2-4-15-5-3-11/h1,6H,2-5,7,13H2. The topological polar surface area (TPSA) is 52.3 Å². The van der Waals surface area contributed by atoms with Crippen LogP contribution in [0.5, 0.6) is 0 Å². The van der Waals surface area contributed by atoms with E-state index in [2.05, 4.69) is 15.9 Å². The van der Waals surface area contributed by atoms with Gasteiger partial charge in [-0.05, 0) is 40.2 Å². The molecule has 1 aromatic heterocycles. The molecule has 0 unspecified atom stereocenters. The molecule has 0 amide bonds. The quantitative estimate of drug-likeness (QED) is 0.931. The monoisotopic (exact) mass is 303 g/mol. The molecule has 1 aliphatic heterocycles. The molecule has 0 atom stereocenters. The molecule has 0 spiro atoms. The highest BCUT2D eigenvalue weighted by atomic mass is 79.9. The van der Waals surface area contributed by atoms with Crippen LogP contribution in [0.15, 0.2) is 15.9 Å². The molecule has 0 aromatic carbocycles. The van der Waals surface area contributed by atoms with Crippen molar-refractivity contribution in [3.8, 4) is 0 Å². The molecule has 2 heterocycles. The molecule has 88 valence electrons. The maximum Gasteiger partial charge on any atom is 0.158 e. The summed E-state index contributed by atoms with van der Waals surface area (Å²) in [6, 6.07) is 1.96. The average Bonchev–Trinajstić information content (AvgIpc) is 2.65. The van der Waals surface area contributed by atoms with Crippen LogP contribution >= 0.6 is 27.3 Å². The van der Waals surface area contributed by atoms with E-state index in [1.807, 2.05) is 11.4 Å². The van der Waals surface area contributed by atoms with Crippen LogP contribution in [0.1, 0.15) is 17.7 Å². The van der Waals surface area contributed by atoms with E-state index in [1.54, 1.807) is 11.3 Å². The van der Waals surface area contributed by atoms with Crippen LogP contribution < -0.4 is 5.73 Å². The molecule has 1 saturated heterocycles. The molecule has 16 heavy (non-hydrogen) atoms. The molecule has 0 saturated carbocycles. The Morgan fingerprint density at radius 2 is 2.25 bits per heavy atom. The fraction of sp³-hybridized carbons (Fsp3) is 0.545. The van der Waals surface area contributed by atoms with E-state index in [0.29, 0.717) is 32.5 Å². The molecular weight excluding hydrogens is 290 g/mol. The number of hydrogen-bond acceptors (Lipinski definition) is 4. The van der Waals surface area contributed by atoms with Crippen LogP contribution in [-0.2, 0) is 16.0 Å². The Bertz CT molecular complexity index is 385. The minimum Gasteiger partial charge on any atom is -0.381 e. The minimum absolute atomic E-state index is 0.124. The number of ketones is 1. The summed E-state index contributed by atoms with van der Waals surface area (Å²) < 4.78 is 6.24. The van der Waals surface area contributed by atoms with E-state index < -0.39 is 5.54 Å². The van der Waals surface area contributed by atoms with Gasteiger partial charge >= 0.3 is 0 Å². The highest BCUT2D eigenvalue weighted by Gasteiger charge is 2.35. The van der Waals surface area contributed by atoms with Crippen molar-refractivity contribution in [2.45, 2.75) is 24.8 Å². The zero-order valence-electron chi connectivity index (χ0n) is 8.87. The summed E-state index contributed by atoms with van der Waals surface area (Å²) in [5, 5.41) is 1.97. The van der Waals surface area contributed by atoms with Crippen molar-refractivity contribution in [2.75, 3.05) is 13.2 Å². The second kappa shape index (κ2) is 4.96. The molecular formula is C11H14BrNO2S. The number of Topliss-reactive ketones (excluding diaryl/α,β-unsaturated/α-hetero) is 1. The number of carbonyl (C=O) groups is 1. The molecule has 2 N–H and O–H groups in total. The summed E-state index contributed by atoms with van der Waals surface area (Å²) in [4.78, 5) is 13.2. The first-order valence-corrected chi connectivity index (χ1v) is 6.91. The Balaban J connectivity index is 2.05. The van der Waals surface area contributed by atoms with Crippen LogP contribution in [0.3, 0.4) is 0 Å². The SMILES string of the molecule is NC1(C(=O)Cc2sccc2Br)CCOCC1. The van der Waals surface area contributed by atoms with Gasteiger partial charge in [0.05, 0.1) is 5.54 Å². The Morgan fingerprint density at radius 1 is 1.56 bits per heavy atom. The summed E-state index contributed by atoms with van der Waals surface area (Å²) in [5.41, 5.74) is 5.45. The number of carbonyl (C=O) groups excluding carboxylic acids is 1. The van der Waals surface area contributed by atoms with Gasteiger partial charge in [-0.2, -0.15) is 0 Å². The Kier molecular flexibility index (Phi) is 3.79. The van der Waals surface area contributed by atoms with Crippen LogP contribution in [0.25, 0.3) is 0 Å². The highest BCUT2D eigenvalue weighted by molar-refractivity contribution is 9.10. The average molecular weight is 304 g/mol. The lowest BCUT2D eigenvalue weighted by Gasteiger charge is -2.31. The minimum atomic E-state index is -0.679. The summed E-state index contributed by atoms with van der Waals surface area (Å²) in [6.45, 7) is 1.18. The fourth-order valence-electron chi connectivity index (χ4n) is 1.79. The number of nitrogens with two attached hydrogens (primary N) is 1. The molecule has 2 rings (SSSR count). The van der Waals surface area contributed by atoms with E-state index in [9.17, 15) is 4.79 Å². The third-order valence-corrected chi connectivity index (χ3v) is 4.88. The Labute approximate surface area is 107 Å². The Hall–Kier alpha value is -0.230. The number of rotatable bonds is 3. The van der Waals surface area contributed by atoms with Crippen molar-refractivity contribution < 1.29 is 9.53 Å². The van der Waals surface area contributed by atoms with Crippen molar-refractivity contribution >= 4 is 33.0 Å². The first-order chi connectivity index (χ1) is 7.62. The Morgan fingerprint density at radius 3 is 2.81 bits per heavy atom. The smallest absolute Gasteiger partial charge is 0.158 e. The van der Waals surface area contributed by atoms with Crippen LogP contribution in [-0.4, -0.2) is 24.5 Å². The van der Waals surface area contributed by atoms with Gasteiger partial charge in [-0.3, -0.25) is 4.79 Å². The maximum atomic E-state index is 12.1. The van der Waals surface area contributed by atoms with Gasteiger partial charge in [-0.15, -0.1) is 11.3 Å². The van der Waals surface area contributed by atoms with E-state index in [-0.39, 0.29) is 5.78 Å². The first-order valence-electron chi connectivity index (χ1n) is 5.24. The van der Waals surface area contributed by atoms with E-state index >= 15 is 0 Å². The summed E-state index contributed by atoms with van der Waals surface area (Å²) in [6.07, 6.45) is 1.69. The fourth-order valence-corrected chi connectivity index (χ4v) is 3.28. The van der Waals surface area contributed by atoms with Gasteiger partial charge in [0, 0.05) is 29.0 Å². The number of halogens is 1. The van der Waals surface area contributed by atoms with Gasteiger partial charge in [0.1, 0.15) is 0 Å². The van der Waals surface area contributed by atoms with Crippen LogP contribution in [0.2, 0.25) is 0 Å². The predicted molar refractivity (Wildman–Crippen MR) is 67.7 cm³/mol. The zero-order chi connectivity index (χ0) is 11.6. The molecule has 0 bridgehead atoms. The molecule has 3 nitrogen and oxygen atoms in total. The first kappa shape index (κ1) is 12.2. The van der Waals surface area contributed by atoms with Gasteiger partial charge in [0.2, 0.25) is 0 Å².